The van der Waals surface area contributed by atoms with Crippen LogP contribution in [-0.2, 0) is 20.6 Å². The third-order valence-corrected chi connectivity index (χ3v) is 7.88. The second-order valence-corrected chi connectivity index (χ2v) is 10.5. The van der Waals surface area contributed by atoms with Gasteiger partial charge < -0.3 is 15.0 Å². The number of fused-ring (bicyclic) bond motifs is 1. The molecule has 0 saturated carbocycles. The third kappa shape index (κ3) is 4.72. The van der Waals surface area contributed by atoms with E-state index in [4.69, 9.17) is 4.74 Å². The number of nitrogens with one attached hydrogen (secondary N) is 1. The molecule has 2 heterocycles. The molecule has 0 aromatic heterocycles. The lowest BCUT2D eigenvalue weighted by molar-refractivity contribution is -0.122. The van der Waals surface area contributed by atoms with Crippen LogP contribution < -0.4 is 19.3 Å². The lowest BCUT2D eigenvalue weighted by Crippen LogP contribution is -2.49. The zero-order valence-electron chi connectivity index (χ0n) is 18.8. The van der Waals surface area contributed by atoms with Gasteiger partial charge in [-0.3, -0.25) is 9.10 Å². The van der Waals surface area contributed by atoms with Gasteiger partial charge in [0.25, 0.3) is 5.91 Å². The van der Waals surface area contributed by atoms with Gasteiger partial charge in [-0.25, -0.2) is 8.42 Å². The number of anilines is 3. The minimum absolute atomic E-state index is 0.0934. The van der Waals surface area contributed by atoms with Crippen LogP contribution in [0.25, 0.3) is 0 Å². The molecule has 34 heavy (non-hydrogen) atoms. The van der Waals surface area contributed by atoms with E-state index in [0.717, 1.165) is 18.8 Å². The van der Waals surface area contributed by atoms with E-state index in [9.17, 15) is 13.2 Å². The molecule has 2 aliphatic heterocycles. The lowest BCUT2D eigenvalue weighted by Gasteiger charge is -2.34. The predicted molar refractivity (Wildman–Crippen MR) is 134 cm³/mol. The van der Waals surface area contributed by atoms with Crippen LogP contribution in [0, 0.1) is 0 Å². The highest BCUT2D eigenvalue weighted by Gasteiger charge is 2.36. The van der Waals surface area contributed by atoms with E-state index in [1.165, 1.54) is 17.1 Å². The second kappa shape index (κ2) is 9.38. The van der Waals surface area contributed by atoms with Gasteiger partial charge in [-0.2, -0.15) is 0 Å². The lowest BCUT2D eigenvalue weighted by atomic mass is 10.2. The summed E-state index contributed by atoms with van der Waals surface area (Å²) >= 11 is 0. The molecule has 0 radical (unpaired) electrons. The summed E-state index contributed by atoms with van der Waals surface area (Å²) in [4.78, 5) is 15.4. The molecule has 1 fully saturated rings. The Labute approximate surface area is 200 Å². The Kier molecular flexibility index (Phi) is 6.15. The minimum atomic E-state index is -3.74. The van der Waals surface area contributed by atoms with Crippen LogP contribution in [0.3, 0.4) is 0 Å². The number of para-hydroxylation sites is 2. The van der Waals surface area contributed by atoms with E-state index < -0.39 is 16.1 Å². The molecule has 5 rings (SSSR count). The SMILES string of the molecule is O=C(Nc1ccc(N2CCCC2)cc1)[C@@H]1CN(S(=O)(=O)Cc2ccccc2)c2ccccc2O1. The summed E-state index contributed by atoms with van der Waals surface area (Å²) in [5, 5.41) is 2.88. The van der Waals surface area contributed by atoms with E-state index in [0.29, 0.717) is 22.7 Å². The van der Waals surface area contributed by atoms with Crippen LogP contribution in [0.2, 0.25) is 0 Å². The molecule has 0 spiro atoms. The summed E-state index contributed by atoms with van der Waals surface area (Å²) in [5.74, 6) is -0.174. The molecule has 1 N–H and O–H groups in total. The van der Waals surface area contributed by atoms with E-state index in [1.54, 1.807) is 36.4 Å². The van der Waals surface area contributed by atoms with Crippen molar-refractivity contribution in [3.63, 3.8) is 0 Å². The van der Waals surface area contributed by atoms with Gasteiger partial charge in [0.1, 0.15) is 5.75 Å². The van der Waals surface area contributed by atoms with Crippen LogP contribution in [0.15, 0.2) is 78.9 Å². The molecule has 8 heteroatoms. The fourth-order valence-electron chi connectivity index (χ4n) is 4.42. The number of ether oxygens (including phenoxy) is 1. The van der Waals surface area contributed by atoms with E-state index in [2.05, 4.69) is 10.2 Å². The van der Waals surface area contributed by atoms with Crippen molar-refractivity contribution in [2.24, 2.45) is 0 Å². The molecule has 1 amide bonds. The maximum absolute atomic E-state index is 13.3. The van der Waals surface area contributed by atoms with Crippen molar-refractivity contribution in [2.75, 3.05) is 34.2 Å². The van der Waals surface area contributed by atoms with Gasteiger partial charge in [0.15, 0.2) is 6.10 Å². The average Bonchev–Trinajstić information content (AvgIpc) is 3.39. The van der Waals surface area contributed by atoms with E-state index >= 15 is 0 Å². The van der Waals surface area contributed by atoms with Gasteiger partial charge in [-0.15, -0.1) is 0 Å². The van der Waals surface area contributed by atoms with Crippen molar-refractivity contribution >= 4 is 33.0 Å². The van der Waals surface area contributed by atoms with Gasteiger partial charge in [-0.05, 0) is 54.8 Å². The Hall–Kier alpha value is -3.52. The molecular formula is C26H27N3O4S. The second-order valence-electron chi connectivity index (χ2n) is 8.58. The summed E-state index contributed by atoms with van der Waals surface area (Å²) in [6, 6.07) is 23.6. The first-order chi connectivity index (χ1) is 16.5. The molecular weight excluding hydrogens is 450 g/mol. The molecule has 0 bridgehead atoms. The fraction of sp³-hybridized carbons (Fsp3) is 0.269. The summed E-state index contributed by atoms with van der Waals surface area (Å²) in [7, 11) is -3.74. The Balaban J connectivity index is 1.34. The number of carbonyl (C=O) groups excluding carboxylic acids is 1. The Bertz CT molecular complexity index is 1260. The molecule has 176 valence electrons. The van der Waals surface area contributed by atoms with Gasteiger partial charge in [0.2, 0.25) is 10.0 Å². The summed E-state index contributed by atoms with van der Waals surface area (Å²) < 4.78 is 33.9. The highest BCUT2D eigenvalue weighted by Crippen LogP contribution is 2.36. The molecule has 3 aromatic rings. The van der Waals surface area contributed by atoms with Crippen molar-refractivity contribution in [2.45, 2.75) is 24.7 Å². The van der Waals surface area contributed by atoms with Crippen molar-refractivity contribution in [3.05, 3.63) is 84.4 Å². The summed E-state index contributed by atoms with van der Waals surface area (Å²) in [6.45, 7) is 2.01. The molecule has 0 aliphatic carbocycles. The van der Waals surface area contributed by atoms with Crippen molar-refractivity contribution in [3.8, 4) is 5.75 Å². The van der Waals surface area contributed by atoms with Crippen LogP contribution >= 0.6 is 0 Å². The van der Waals surface area contributed by atoms with Gasteiger partial charge in [0, 0.05) is 24.5 Å². The molecule has 7 nitrogen and oxygen atoms in total. The fourth-order valence-corrected chi connectivity index (χ4v) is 6.00. The number of sulfonamides is 1. The number of hydrogen-bond donors (Lipinski definition) is 1. The molecule has 2 aliphatic rings. The highest BCUT2D eigenvalue weighted by atomic mass is 32.2. The Morgan fingerprint density at radius 3 is 2.32 bits per heavy atom. The van der Waals surface area contributed by atoms with Crippen molar-refractivity contribution in [1.82, 2.24) is 0 Å². The largest absolute Gasteiger partial charge is 0.476 e. The van der Waals surface area contributed by atoms with Crippen molar-refractivity contribution < 1.29 is 17.9 Å². The van der Waals surface area contributed by atoms with Gasteiger partial charge in [-0.1, -0.05) is 42.5 Å². The monoisotopic (exact) mass is 477 g/mol. The number of rotatable bonds is 6. The normalized spacial score (nSPS) is 17.7. The zero-order valence-corrected chi connectivity index (χ0v) is 19.6. The minimum Gasteiger partial charge on any atom is -0.476 e. The summed E-state index contributed by atoms with van der Waals surface area (Å²) in [5.41, 5.74) is 2.91. The number of carbonyl (C=O) groups is 1. The van der Waals surface area contributed by atoms with Gasteiger partial charge >= 0.3 is 0 Å². The molecule has 0 unspecified atom stereocenters. The molecule has 3 aromatic carbocycles. The first-order valence-corrected chi connectivity index (χ1v) is 13.1. The molecule has 1 atom stereocenters. The Morgan fingerprint density at radius 1 is 0.912 bits per heavy atom. The quantitative estimate of drug-likeness (QED) is 0.580. The zero-order chi connectivity index (χ0) is 23.5. The average molecular weight is 478 g/mol. The number of amides is 1. The maximum Gasteiger partial charge on any atom is 0.267 e. The summed E-state index contributed by atoms with van der Waals surface area (Å²) in [6.07, 6.45) is 1.42. The topological polar surface area (TPSA) is 79.0 Å². The third-order valence-electron chi connectivity index (χ3n) is 6.16. The first kappa shape index (κ1) is 22.3. The maximum atomic E-state index is 13.3. The van der Waals surface area contributed by atoms with Gasteiger partial charge in [0.05, 0.1) is 18.0 Å². The highest BCUT2D eigenvalue weighted by molar-refractivity contribution is 7.92. The van der Waals surface area contributed by atoms with Crippen LogP contribution in [0.5, 0.6) is 5.75 Å². The number of nitrogens with zero attached hydrogens (tertiary/aromatic N) is 2. The molecule has 1 saturated heterocycles. The van der Waals surface area contributed by atoms with Crippen LogP contribution in [0.4, 0.5) is 17.1 Å². The van der Waals surface area contributed by atoms with Crippen LogP contribution in [-0.4, -0.2) is 40.1 Å². The van der Waals surface area contributed by atoms with E-state index in [-0.39, 0.29) is 18.2 Å². The predicted octanol–water partition coefficient (Wildman–Crippen LogP) is 4.02. The Morgan fingerprint density at radius 2 is 1.59 bits per heavy atom. The number of hydrogen-bond acceptors (Lipinski definition) is 5. The van der Waals surface area contributed by atoms with Crippen LogP contribution in [0.1, 0.15) is 18.4 Å². The standard InChI is InChI=1S/C26H27N3O4S/c30-26(27-21-12-14-22(15-13-21)28-16-6-7-17-28)25-18-29(23-10-4-5-11-24(23)33-25)34(31,32)19-20-8-2-1-3-9-20/h1-5,8-15,25H,6-7,16-19H2,(H,27,30)/t25-/m0/s1. The van der Waals surface area contributed by atoms with E-state index in [1.807, 2.05) is 42.5 Å². The first-order valence-electron chi connectivity index (χ1n) is 11.5. The van der Waals surface area contributed by atoms with Crippen molar-refractivity contribution in [1.29, 1.82) is 0 Å². The smallest absolute Gasteiger partial charge is 0.267 e. The number of benzene rings is 3.